The van der Waals surface area contributed by atoms with Gasteiger partial charge in [-0.3, -0.25) is 4.79 Å². The second-order valence-electron chi connectivity index (χ2n) is 5.03. The van der Waals surface area contributed by atoms with Gasteiger partial charge in [-0.25, -0.2) is 0 Å². The van der Waals surface area contributed by atoms with E-state index in [9.17, 15) is 4.79 Å². The molecule has 1 aromatic carbocycles. The summed E-state index contributed by atoms with van der Waals surface area (Å²) in [6, 6.07) is 8.10. The second kappa shape index (κ2) is 7.41. The smallest absolute Gasteiger partial charge is 0.165 e. The van der Waals surface area contributed by atoms with Crippen LogP contribution in [0.15, 0.2) is 24.3 Å². The van der Waals surface area contributed by atoms with E-state index in [0.717, 1.165) is 11.5 Å². The largest absolute Gasteiger partial charge is 0.382 e. The Morgan fingerprint density at radius 2 is 1.89 bits per heavy atom. The molecule has 1 saturated carbocycles. The van der Waals surface area contributed by atoms with Gasteiger partial charge in [0.15, 0.2) is 5.78 Å². The highest BCUT2D eigenvalue weighted by molar-refractivity contribution is 5.96. The molecule has 1 aliphatic carbocycles. The van der Waals surface area contributed by atoms with Crippen LogP contribution in [-0.2, 0) is 9.47 Å². The van der Waals surface area contributed by atoms with E-state index in [2.05, 4.69) is 12.1 Å². The Labute approximate surface area is 114 Å². The molecule has 0 amide bonds. The Morgan fingerprint density at radius 1 is 1.16 bits per heavy atom. The first-order valence-electron chi connectivity index (χ1n) is 7.01. The van der Waals surface area contributed by atoms with Crippen LogP contribution in [0.25, 0.3) is 0 Å². The number of ketones is 1. The molecule has 0 heterocycles. The van der Waals surface area contributed by atoms with Gasteiger partial charge in [-0.1, -0.05) is 30.7 Å². The van der Waals surface area contributed by atoms with E-state index in [-0.39, 0.29) is 5.78 Å². The average molecular weight is 262 g/mol. The van der Waals surface area contributed by atoms with Crippen LogP contribution in [0.4, 0.5) is 0 Å². The van der Waals surface area contributed by atoms with E-state index < -0.39 is 0 Å². The zero-order chi connectivity index (χ0) is 13.5. The van der Waals surface area contributed by atoms with Gasteiger partial charge in [-0.15, -0.1) is 0 Å². The van der Waals surface area contributed by atoms with Crippen LogP contribution in [0.2, 0.25) is 0 Å². The van der Waals surface area contributed by atoms with Crippen LogP contribution >= 0.6 is 0 Å². The molecule has 0 aromatic heterocycles. The van der Waals surface area contributed by atoms with E-state index in [1.54, 1.807) is 7.11 Å². The fraction of sp³-hybridized carbons (Fsp3) is 0.562. The van der Waals surface area contributed by atoms with Gasteiger partial charge in [0, 0.05) is 19.1 Å². The Kier molecular flexibility index (Phi) is 5.55. The zero-order valence-electron chi connectivity index (χ0n) is 11.6. The summed E-state index contributed by atoms with van der Waals surface area (Å²) in [4.78, 5) is 11.9. The van der Waals surface area contributed by atoms with Crippen molar-refractivity contribution in [2.24, 2.45) is 0 Å². The van der Waals surface area contributed by atoms with Crippen LogP contribution in [0, 0.1) is 0 Å². The number of carbonyl (C=O) groups excluding carboxylic acids is 1. The summed E-state index contributed by atoms with van der Waals surface area (Å²) in [5, 5.41) is 0. The van der Waals surface area contributed by atoms with Crippen LogP contribution < -0.4 is 0 Å². The molecular weight excluding hydrogens is 240 g/mol. The van der Waals surface area contributed by atoms with Crippen molar-refractivity contribution in [3.63, 3.8) is 0 Å². The molecule has 0 bridgehead atoms. The number of benzene rings is 1. The normalized spacial score (nSPS) is 15.2. The molecule has 0 spiro atoms. The molecule has 0 aliphatic heterocycles. The Hall–Kier alpha value is -1.19. The van der Waals surface area contributed by atoms with Crippen molar-refractivity contribution >= 4 is 5.78 Å². The Balaban J connectivity index is 1.75. The number of rotatable bonds is 8. The molecule has 1 aliphatic rings. The summed E-state index contributed by atoms with van der Waals surface area (Å²) in [5.74, 6) is 0.874. The maximum absolute atomic E-state index is 11.9. The topological polar surface area (TPSA) is 35.5 Å². The number of hydrogen-bond donors (Lipinski definition) is 0. The van der Waals surface area contributed by atoms with Gasteiger partial charge in [-0.2, -0.15) is 0 Å². The van der Waals surface area contributed by atoms with Crippen LogP contribution in [-0.4, -0.2) is 32.7 Å². The van der Waals surface area contributed by atoms with Crippen molar-refractivity contribution in [2.45, 2.75) is 31.6 Å². The van der Waals surface area contributed by atoms with E-state index in [0.29, 0.717) is 26.2 Å². The number of ether oxygens (including phenoxy) is 2. The molecule has 0 atom stereocenters. The van der Waals surface area contributed by atoms with Gasteiger partial charge in [-0.05, 0) is 24.3 Å². The number of carbonyl (C=O) groups is 1. The molecule has 19 heavy (non-hydrogen) atoms. The molecule has 3 heteroatoms. The van der Waals surface area contributed by atoms with Gasteiger partial charge in [0.1, 0.15) is 0 Å². The van der Waals surface area contributed by atoms with Crippen molar-refractivity contribution in [3.8, 4) is 0 Å². The number of Topliss-reactive ketones (excluding diaryl/α,β-unsaturated/α-hetero) is 1. The third kappa shape index (κ3) is 4.15. The minimum atomic E-state index is 0.151. The molecule has 0 unspecified atom stereocenters. The summed E-state index contributed by atoms with van der Waals surface area (Å²) < 4.78 is 10.2. The monoisotopic (exact) mass is 262 g/mol. The second-order valence-corrected chi connectivity index (χ2v) is 5.03. The molecule has 0 N–H and O–H groups in total. The minimum Gasteiger partial charge on any atom is -0.382 e. The molecule has 3 nitrogen and oxygen atoms in total. The summed E-state index contributed by atoms with van der Waals surface area (Å²) in [6.07, 6.45) is 4.36. The summed E-state index contributed by atoms with van der Waals surface area (Å²) >= 11 is 0. The fourth-order valence-corrected chi connectivity index (χ4v) is 2.24. The third-order valence-corrected chi connectivity index (χ3v) is 3.71. The molecule has 0 saturated heterocycles. The predicted octanol–water partition coefficient (Wildman–Crippen LogP) is 3.19. The first-order valence-corrected chi connectivity index (χ1v) is 7.01. The highest BCUT2D eigenvalue weighted by Gasteiger charge is 2.19. The molecule has 104 valence electrons. The van der Waals surface area contributed by atoms with Gasteiger partial charge >= 0.3 is 0 Å². The Morgan fingerprint density at radius 3 is 2.47 bits per heavy atom. The molecule has 2 rings (SSSR count). The standard InChI is InChI=1S/C16H22O3/c1-18-11-12-19-10-9-16(17)15-7-5-14(6-8-15)13-3-2-4-13/h5-8,13H,2-4,9-12H2,1H3. The van der Waals surface area contributed by atoms with Crippen molar-refractivity contribution in [2.75, 3.05) is 26.9 Å². The summed E-state index contributed by atoms with van der Waals surface area (Å²) in [5.41, 5.74) is 2.16. The molecule has 0 radical (unpaired) electrons. The number of methoxy groups -OCH3 is 1. The maximum atomic E-state index is 11.9. The lowest BCUT2D eigenvalue weighted by Crippen LogP contribution is -2.10. The highest BCUT2D eigenvalue weighted by atomic mass is 16.5. The maximum Gasteiger partial charge on any atom is 0.165 e. The van der Waals surface area contributed by atoms with Crippen LogP contribution in [0.5, 0.6) is 0 Å². The summed E-state index contributed by atoms with van der Waals surface area (Å²) in [6.45, 7) is 1.58. The molecule has 1 fully saturated rings. The first-order chi connectivity index (χ1) is 9.31. The van der Waals surface area contributed by atoms with Crippen molar-refractivity contribution in [3.05, 3.63) is 35.4 Å². The Bertz CT molecular complexity index is 393. The van der Waals surface area contributed by atoms with Gasteiger partial charge in [0.25, 0.3) is 0 Å². The average Bonchev–Trinajstić information content (AvgIpc) is 2.37. The van der Waals surface area contributed by atoms with Crippen molar-refractivity contribution < 1.29 is 14.3 Å². The van der Waals surface area contributed by atoms with Gasteiger partial charge < -0.3 is 9.47 Å². The van der Waals surface area contributed by atoms with Crippen LogP contribution in [0.1, 0.15) is 47.5 Å². The van der Waals surface area contributed by atoms with Crippen LogP contribution in [0.3, 0.4) is 0 Å². The lowest BCUT2D eigenvalue weighted by Gasteiger charge is -2.25. The van der Waals surface area contributed by atoms with E-state index in [4.69, 9.17) is 9.47 Å². The van der Waals surface area contributed by atoms with E-state index in [1.807, 2.05) is 12.1 Å². The van der Waals surface area contributed by atoms with E-state index in [1.165, 1.54) is 24.8 Å². The minimum absolute atomic E-state index is 0.151. The van der Waals surface area contributed by atoms with Crippen molar-refractivity contribution in [1.29, 1.82) is 0 Å². The number of hydrogen-bond acceptors (Lipinski definition) is 3. The third-order valence-electron chi connectivity index (χ3n) is 3.71. The predicted molar refractivity (Wildman–Crippen MR) is 74.7 cm³/mol. The highest BCUT2D eigenvalue weighted by Crippen LogP contribution is 2.36. The van der Waals surface area contributed by atoms with E-state index >= 15 is 0 Å². The van der Waals surface area contributed by atoms with Gasteiger partial charge in [0.2, 0.25) is 0 Å². The molecular formula is C16H22O3. The lowest BCUT2D eigenvalue weighted by atomic mass is 9.80. The van der Waals surface area contributed by atoms with Gasteiger partial charge in [0.05, 0.1) is 19.8 Å². The lowest BCUT2D eigenvalue weighted by molar-refractivity contribution is 0.0641. The fourth-order valence-electron chi connectivity index (χ4n) is 2.24. The zero-order valence-corrected chi connectivity index (χ0v) is 11.6. The quantitative estimate of drug-likeness (QED) is 0.533. The van der Waals surface area contributed by atoms with Crippen molar-refractivity contribution in [1.82, 2.24) is 0 Å². The summed E-state index contributed by atoms with van der Waals surface area (Å²) in [7, 11) is 1.64. The first kappa shape index (κ1) is 14.2. The molecule has 1 aromatic rings. The SMILES string of the molecule is COCCOCCC(=O)c1ccc(C2CCC2)cc1.